The molecule has 134 valence electrons. The van der Waals surface area contributed by atoms with Gasteiger partial charge in [-0.05, 0) is 24.6 Å². The smallest absolute Gasteiger partial charge is 0.209 e. The van der Waals surface area contributed by atoms with E-state index in [4.69, 9.17) is 21.1 Å². The highest BCUT2D eigenvalue weighted by molar-refractivity contribution is 7.98. The third kappa shape index (κ3) is 3.81. The Labute approximate surface area is 161 Å². The van der Waals surface area contributed by atoms with Crippen molar-refractivity contribution in [3.05, 3.63) is 52.5 Å². The molecular formula is C19H18ClN3O2S. The molecule has 0 radical (unpaired) electrons. The molecule has 0 unspecified atom stereocenters. The molecule has 0 fully saturated rings. The van der Waals surface area contributed by atoms with E-state index >= 15 is 0 Å². The van der Waals surface area contributed by atoms with E-state index in [1.54, 1.807) is 11.8 Å². The highest BCUT2D eigenvalue weighted by Gasteiger charge is 2.16. The molecule has 2 aromatic carbocycles. The zero-order valence-electron chi connectivity index (χ0n) is 14.3. The predicted molar refractivity (Wildman–Crippen MR) is 103 cm³/mol. The topological polar surface area (TPSA) is 60.0 Å². The SMILES string of the molecule is Cc1ccc(-c2nc(SCc3cc(Cl)c4c(c3)OCCCO4)n[nH]2)cc1. The molecule has 1 N–H and O–H groups in total. The fourth-order valence-electron chi connectivity index (χ4n) is 2.67. The average molecular weight is 388 g/mol. The average Bonchev–Trinajstić information content (AvgIpc) is 2.98. The molecule has 4 rings (SSSR count). The van der Waals surface area contributed by atoms with Crippen LogP contribution in [0.2, 0.25) is 5.02 Å². The third-order valence-electron chi connectivity index (χ3n) is 4.02. The zero-order valence-corrected chi connectivity index (χ0v) is 15.9. The van der Waals surface area contributed by atoms with Crippen LogP contribution in [0.3, 0.4) is 0 Å². The molecule has 1 aromatic heterocycles. The Bertz CT molecular complexity index is 912. The van der Waals surface area contributed by atoms with Crippen molar-refractivity contribution in [1.82, 2.24) is 15.2 Å². The van der Waals surface area contributed by atoms with Crippen molar-refractivity contribution in [3.8, 4) is 22.9 Å². The fourth-order valence-corrected chi connectivity index (χ4v) is 3.68. The molecule has 3 aromatic rings. The molecule has 1 aliphatic heterocycles. The van der Waals surface area contributed by atoms with Gasteiger partial charge in [0.25, 0.3) is 0 Å². The van der Waals surface area contributed by atoms with E-state index in [9.17, 15) is 0 Å². The summed E-state index contributed by atoms with van der Waals surface area (Å²) in [4.78, 5) is 4.56. The number of benzene rings is 2. The van der Waals surface area contributed by atoms with Crippen molar-refractivity contribution in [3.63, 3.8) is 0 Å². The van der Waals surface area contributed by atoms with Gasteiger partial charge in [0.15, 0.2) is 17.3 Å². The number of hydrogen-bond donors (Lipinski definition) is 1. The maximum absolute atomic E-state index is 6.35. The molecule has 0 saturated carbocycles. The molecule has 0 saturated heterocycles. The van der Waals surface area contributed by atoms with Crippen LogP contribution < -0.4 is 9.47 Å². The monoisotopic (exact) mass is 387 g/mol. The summed E-state index contributed by atoms with van der Waals surface area (Å²) in [5.74, 6) is 2.81. The number of halogens is 1. The highest BCUT2D eigenvalue weighted by Crippen LogP contribution is 2.39. The minimum atomic E-state index is 0.579. The van der Waals surface area contributed by atoms with Crippen molar-refractivity contribution < 1.29 is 9.47 Å². The van der Waals surface area contributed by atoms with E-state index in [1.165, 1.54) is 5.56 Å². The number of H-pyrrole nitrogens is 1. The standard InChI is InChI=1S/C19H18ClN3O2S/c1-12-3-5-14(6-4-12)18-21-19(23-22-18)26-11-13-9-15(20)17-16(10-13)24-7-2-8-25-17/h3-6,9-10H,2,7-8,11H2,1H3,(H,21,22,23). The van der Waals surface area contributed by atoms with Crippen LogP contribution in [0.5, 0.6) is 11.5 Å². The van der Waals surface area contributed by atoms with Crippen LogP contribution in [-0.2, 0) is 5.75 Å². The summed E-state index contributed by atoms with van der Waals surface area (Å²) in [5.41, 5.74) is 3.29. The summed E-state index contributed by atoms with van der Waals surface area (Å²) < 4.78 is 11.4. The molecule has 2 heterocycles. The number of thioether (sulfide) groups is 1. The number of aromatic amines is 1. The molecule has 0 aliphatic carbocycles. The molecule has 5 nitrogen and oxygen atoms in total. The Morgan fingerprint density at radius 2 is 1.96 bits per heavy atom. The number of nitrogens with one attached hydrogen (secondary N) is 1. The summed E-state index contributed by atoms with van der Waals surface area (Å²) >= 11 is 7.90. The molecule has 0 bridgehead atoms. The third-order valence-corrected chi connectivity index (χ3v) is 5.22. The number of ether oxygens (including phenoxy) is 2. The van der Waals surface area contributed by atoms with Crippen LogP contribution in [-0.4, -0.2) is 28.4 Å². The van der Waals surface area contributed by atoms with Gasteiger partial charge >= 0.3 is 0 Å². The first-order valence-corrected chi connectivity index (χ1v) is 9.75. The number of rotatable bonds is 4. The van der Waals surface area contributed by atoms with Gasteiger partial charge in [0.1, 0.15) is 0 Å². The van der Waals surface area contributed by atoms with E-state index in [2.05, 4.69) is 34.2 Å². The van der Waals surface area contributed by atoms with Gasteiger partial charge in [0, 0.05) is 17.7 Å². The van der Waals surface area contributed by atoms with Crippen molar-refractivity contribution in [2.75, 3.05) is 13.2 Å². The van der Waals surface area contributed by atoms with Crippen molar-refractivity contribution in [2.45, 2.75) is 24.3 Å². The molecule has 0 spiro atoms. The Morgan fingerprint density at radius 3 is 2.81 bits per heavy atom. The number of nitrogens with zero attached hydrogens (tertiary/aromatic N) is 2. The molecule has 26 heavy (non-hydrogen) atoms. The number of hydrogen-bond acceptors (Lipinski definition) is 5. The van der Waals surface area contributed by atoms with E-state index < -0.39 is 0 Å². The molecule has 1 aliphatic rings. The van der Waals surface area contributed by atoms with E-state index in [0.717, 1.165) is 23.4 Å². The van der Waals surface area contributed by atoms with Crippen LogP contribution >= 0.6 is 23.4 Å². The molecule has 7 heteroatoms. The van der Waals surface area contributed by atoms with E-state index in [-0.39, 0.29) is 0 Å². The van der Waals surface area contributed by atoms with E-state index in [1.807, 2.05) is 24.3 Å². The van der Waals surface area contributed by atoms with Crippen LogP contribution in [0.4, 0.5) is 0 Å². The van der Waals surface area contributed by atoms with Gasteiger partial charge in [-0.15, -0.1) is 5.10 Å². The molecular weight excluding hydrogens is 370 g/mol. The Kier molecular flexibility index (Phi) is 5.04. The van der Waals surface area contributed by atoms with Crippen molar-refractivity contribution >= 4 is 23.4 Å². The van der Waals surface area contributed by atoms with E-state index in [0.29, 0.717) is 40.6 Å². The van der Waals surface area contributed by atoms with Gasteiger partial charge in [-0.1, -0.05) is 53.2 Å². The normalized spacial score (nSPS) is 13.5. The lowest BCUT2D eigenvalue weighted by Gasteiger charge is -2.11. The first-order valence-electron chi connectivity index (χ1n) is 8.39. The largest absolute Gasteiger partial charge is 0.489 e. The fraction of sp³-hybridized carbons (Fsp3) is 0.263. The summed E-state index contributed by atoms with van der Waals surface area (Å²) in [6.45, 7) is 3.33. The number of aryl methyl sites for hydroxylation is 1. The van der Waals surface area contributed by atoms with Gasteiger partial charge in [-0.2, -0.15) is 0 Å². The van der Waals surface area contributed by atoms with Crippen molar-refractivity contribution in [1.29, 1.82) is 0 Å². The minimum Gasteiger partial charge on any atom is -0.489 e. The first-order chi connectivity index (χ1) is 12.7. The second-order valence-corrected chi connectivity index (χ2v) is 7.43. The van der Waals surface area contributed by atoms with Crippen molar-refractivity contribution in [2.24, 2.45) is 0 Å². The maximum Gasteiger partial charge on any atom is 0.209 e. The maximum atomic E-state index is 6.35. The highest BCUT2D eigenvalue weighted by atomic mass is 35.5. The van der Waals surface area contributed by atoms with Crippen LogP contribution in [0.25, 0.3) is 11.4 Å². The van der Waals surface area contributed by atoms with Gasteiger partial charge in [0.05, 0.1) is 18.2 Å². The lowest BCUT2D eigenvalue weighted by atomic mass is 10.1. The summed E-state index contributed by atoms with van der Waals surface area (Å²) in [5, 5.41) is 8.56. The van der Waals surface area contributed by atoms with Gasteiger partial charge < -0.3 is 9.47 Å². The van der Waals surface area contributed by atoms with Crippen LogP contribution in [0.15, 0.2) is 41.6 Å². The Morgan fingerprint density at radius 1 is 1.15 bits per heavy atom. The second kappa shape index (κ2) is 7.60. The quantitative estimate of drug-likeness (QED) is 0.646. The zero-order chi connectivity index (χ0) is 17.9. The molecule has 0 amide bonds. The minimum absolute atomic E-state index is 0.579. The second-order valence-electron chi connectivity index (χ2n) is 6.08. The summed E-state index contributed by atoms with van der Waals surface area (Å²) in [7, 11) is 0. The Hall–Kier alpha value is -2.18. The number of aromatic nitrogens is 3. The lowest BCUT2D eigenvalue weighted by molar-refractivity contribution is 0.297. The van der Waals surface area contributed by atoms with Gasteiger partial charge in [-0.25, -0.2) is 4.98 Å². The van der Waals surface area contributed by atoms with Gasteiger partial charge in [-0.3, -0.25) is 5.10 Å². The number of fused-ring (bicyclic) bond motifs is 1. The molecule has 0 atom stereocenters. The Balaban J connectivity index is 1.47. The summed E-state index contributed by atoms with van der Waals surface area (Å²) in [6, 6.07) is 12.1. The summed E-state index contributed by atoms with van der Waals surface area (Å²) in [6.07, 6.45) is 0.855. The lowest BCUT2D eigenvalue weighted by Crippen LogP contribution is -1.97. The van der Waals surface area contributed by atoms with Crippen LogP contribution in [0.1, 0.15) is 17.5 Å². The van der Waals surface area contributed by atoms with Gasteiger partial charge in [0.2, 0.25) is 5.16 Å². The predicted octanol–water partition coefficient (Wildman–Crippen LogP) is 4.89. The van der Waals surface area contributed by atoms with Crippen LogP contribution in [0, 0.1) is 6.92 Å². The first kappa shape index (κ1) is 17.2.